The molecule has 1 aliphatic rings. The van der Waals surface area contributed by atoms with Gasteiger partial charge in [-0.05, 0) is 6.42 Å². The van der Waals surface area contributed by atoms with Gasteiger partial charge in [0.15, 0.2) is 0 Å². The van der Waals surface area contributed by atoms with Gasteiger partial charge in [-0.15, -0.1) is 0 Å². The van der Waals surface area contributed by atoms with E-state index in [4.69, 9.17) is 5.84 Å². The second kappa shape index (κ2) is 4.61. The van der Waals surface area contributed by atoms with Gasteiger partial charge in [0.25, 0.3) is 0 Å². The molecule has 1 heterocycles. The van der Waals surface area contributed by atoms with Gasteiger partial charge in [-0.3, -0.25) is 24.7 Å². The Morgan fingerprint density at radius 2 is 2.12 bits per heavy atom. The van der Waals surface area contributed by atoms with Crippen LogP contribution in [-0.2, 0) is 14.4 Å². The highest BCUT2D eigenvalue weighted by molar-refractivity contribution is 6.05. The molecule has 3 N–H and O–H groups in total. The Kier molecular flexibility index (Phi) is 3.64. The summed E-state index contributed by atoms with van der Waals surface area (Å²) in [7, 11) is 0. The number of hydrogen-bond donors (Lipinski definition) is 2. The van der Waals surface area contributed by atoms with E-state index in [1.54, 1.807) is 13.8 Å². The fraction of sp³-hybridized carbons (Fsp3) is 0.700. The lowest BCUT2D eigenvalue weighted by molar-refractivity contribution is -0.141. The van der Waals surface area contributed by atoms with Gasteiger partial charge in [0.1, 0.15) is 0 Å². The van der Waals surface area contributed by atoms with Crippen molar-refractivity contribution in [1.29, 1.82) is 0 Å². The van der Waals surface area contributed by atoms with Crippen LogP contribution in [0.4, 0.5) is 0 Å². The summed E-state index contributed by atoms with van der Waals surface area (Å²) >= 11 is 0. The maximum atomic E-state index is 11.8. The molecule has 0 unspecified atom stereocenters. The van der Waals surface area contributed by atoms with Gasteiger partial charge in [-0.2, -0.15) is 0 Å². The average molecular weight is 227 g/mol. The van der Waals surface area contributed by atoms with Gasteiger partial charge in [0, 0.05) is 19.4 Å². The fourth-order valence-corrected chi connectivity index (χ4v) is 1.72. The molecule has 6 nitrogen and oxygen atoms in total. The molecule has 0 atom stereocenters. The average Bonchev–Trinajstić information content (AvgIpc) is 2.39. The summed E-state index contributed by atoms with van der Waals surface area (Å²) in [5.74, 6) is 4.30. The van der Waals surface area contributed by atoms with E-state index in [9.17, 15) is 14.4 Å². The van der Waals surface area contributed by atoms with Crippen molar-refractivity contribution in [2.24, 2.45) is 11.3 Å². The van der Waals surface area contributed by atoms with E-state index in [1.165, 1.54) is 4.90 Å². The van der Waals surface area contributed by atoms with Gasteiger partial charge < -0.3 is 0 Å². The SMILES string of the molecule is CC1(C)CC(=O)N(CCCC(=O)NN)C1=O. The number of amides is 3. The van der Waals surface area contributed by atoms with Crippen molar-refractivity contribution in [1.82, 2.24) is 10.3 Å². The summed E-state index contributed by atoms with van der Waals surface area (Å²) in [5, 5.41) is 0. The van der Waals surface area contributed by atoms with Crippen molar-refractivity contribution >= 4 is 17.7 Å². The quantitative estimate of drug-likeness (QED) is 0.294. The third-order valence-corrected chi connectivity index (χ3v) is 2.66. The van der Waals surface area contributed by atoms with Crippen molar-refractivity contribution in [3.63, 3.8) is 0 Å². The molecule has 0 saturated carbocycles. The minimum absolute atomic E-state index is 0.161. The number of hydrazine groups is 1. The van der Waals surface area contributed by atoms with Crippen LogP contribution in [0, 0.1) is 5.41 Å². The molecule has 0 spiro atoms. The predicted octanol–water partition coefficient (Wildman–Crippen LogP) is -0.458. The highest BCUT2D eigenvalue weighted by Crippen LogP contribution is 2.31. The van der Waals surface area contributed by atoms with Crippen LogP contribution in [-0.4, -0.2) is 29.2 Å². The molecular formula is C10H17N3O3. The second-order valence-electron chi connectivity index (χ2n) is 4.58. The smallest absolute Gasteiger partial charge is 0.235 e. The van der Waals surface area contributed by atoms with Gasteiger partial charge in [-0.1, -0.05) is 13.8 Å². The normalized spacial score (nSPS) is 19.1. The number of hydrogen-bond acceptors (Lipinski definition) is 4. The van der Waals surface area contributed by atoms with E-state index < -0.39 is 5.41 Å². The van der Waals surface area contributed by atoms with E-state index in [-0.39, 0.29) is 37.1 Å². The third-order valence-electron chi connectivity index (χ3n) is 2.66. The molecule has 0 radical (unpaired) electrons. The standard InChI is InChI=1S/C10H17N3O3/c1-10(2)6-8(15)13(9(10)16)5-3-4-7(14)12-11/h3-6,11H2,1-2H3,(H,12,14). The Balaban J connectivity index is 2.47. The first-order chi connectivity index (χ1) is 7.38. The zero-order chi connectivity index (χ0) is 12.3. The van der Waals surface area contributed by atoms with E-state index in [0.717, 1.165) is 0 Å². The number of rotatable bonds is 4. The maximum absolute atomic E-state index is 11.8. The predicted molar refractivity (Wildman–Crippen MR) is 56.7 cm³/mol. The number of imide groups is 1. The molecule has 90 valence electrons. The van der Waals surface area contributed by atoms with Crippen molar-refractivity contribution < 1.29 is 14.4 Å². The fourth-order valence-electron chi connectivity index (χ4n) is 1.72. The second-order valence-corrected chi connectivity index (χ2v) is 4.58. The molecule has 0 bridgehead atoms. The lowest BCUT2D eigenvalue weighted by Crippen LogP contribution is -2.35. The lowest BCUT2D eigenvalue weighted by atomic mass is 9.92. The van der Waals surface area contributed by atoms with Crippen LogP contribution in [0.3, 0.4) is 0 Å². The Morgan fingerprint density at radius 1 is 1.50 bits per heavy atom. The number of nitrogens with zero attached hydrogens (tertiary/aromatic N) is 1. The summed E-state index contributed by atoms with van der Waals surface area (Å²) in [6.07, 6.45) is 0.902. The van der Waals surface area contributed by atoms with E-state index >= 15 is 0 Å². The van der Waals surface area contributed by atoms with Gasteiger partial charge in [0.05, 0.1) is 5.41 Å². The summed E-state index contributed by atoms with van der Waals surface area (Å²) in [5.41, 5.74) is 1.40. The Hall–Kier alpha value is -1.43. The summed E-state index contributed by atoms with van der Waals surface area (Å²) in [4.78, 5) is 35.4. The molecule has 1 saturated heterocycles. The molecule has 0 aliphatic carbocycles. The van der Waals surface area contributed by atoms with Gasteiger partial charge >= 0.3 is 0 Å². The molecule has 0 aromatic carbocycles. The van der Waals surface area contributed by atoms with E-state index in [2.05, 4.69) is 0 Å². The Bertz CT molecular complexity index is 325. The van der Waals surface area contributed by atoms with Gasteiger partial charge in [-0.25, -0.2) is 5.84 Å². The van der Waals surface area contributed by atoms with Crippen molar-refractivity contribution in [2.75, 3.05) is 6.54 Å². The zero-order valence-corrected chi connectivity index (χ0v) is 9.58. The van der Waals surface area contributed by atoms with Crippen molar-refractivity contribution in [3.05, 3.63) is 0 Å². The molecule has 16 heavy (non-hydrogen) atoms. The lowest BCUT2D eigenvalue weighted by Gasteiger charge is -2.17. The van der Waals surface area contributed by atoms with Crippen LogP contribution in [0.2, 0.25) is 0 Å². The Morgan fingerprint density at radius 3 is 2.56 bits per heavy atom. The van der Waals surface area contributed by atoms with E-state index in [0.29, 0.717) is 6.42 Å². The van der Waals surface area contributed by atoms with Crippen LogP contribution in [0.5, 0.6) is 0 Å². The maximum Gasteiger partial charge on any atom is 0.235 e. The number of likely N-dealkylation sites (tertiary alicyclic amines) is 1. The van der Waals surface area contributed by atoms with Crippen LogP contribution in [0.15, 0.2) is 0 Å². The molecular weight excluding hydrogens is 210 g/mol. The minimum Gasteiger partial charge on any atom is -0.294 e. The van der Waals surface area contributed by atoms with Crippen LogP contribution in [0.25, 0.3) is 0 Å². The van der Waals surface area contributed by atoms with Crippen LogP contribution >= 0.6 is 0 Å². The Labute approximate surface area is 94.1 Å². The first kappa shape index (κ1) is 12.6. The monoisotopic (exact) mass is 227 g/mol. The molecule has 0 aromatic rings. The first-order valence-electron chi connectivity index (χ1n) is 5.23. The third kappa shape index (κ3) is 2.57. The van der Waals surface area contributed by atoms with Gasteiger partial charge in [0.2, 0.25) is 17.7 Å². The van der Waals surface area contributed by atoms with Crippen LogP contribution < -0.4 is 11.3 Å². The molecule has 3 amide bonds. The van der Waals surface area contributed by atoms with E-state index in [1.807, 2.05) is 5.43 Å². The number of carbonyl (C=O) groups excluding carboxylic acids is 3. The summed E-state index contributed by atoms with van der Waals surface area (Å²) < 4.78 is 0. The molecule has 1 aliphatic heterocycles. The molecule has 0 aromatic heterocycles. The largest absolute Gasteiger partial charge is 0.294 e. The highest BCUT2D eigenvalue weighted by Gasteiger charge is 2.44. The van der Waals surface area contributed by atoms with Crippen molar-refractivity contribution in [3.8, 4) is 0 Å². The topological polar surface area (TPSA) is 92.5 Å². The molecule has 1 fully saturated rings. The minimum atomic E-state index is -0.604. The van der Waals surface area contributed by atoms with Crippen LogP contribution in [0.1, 0.15) is 33.1 Å². The first-order valence-corrected chi connectivity index (χ1v) is 5.23. The number of carbonyl (C=O) groups is 3. The molecule has 1 rings (SSSR count). The summed E-state index contributed by atoms with van der Waals surface area (Å²) in [6.45, 7) is 3.79. The highest BCUT2D eigenvalue weighted by atomic mass is 16.2. The summed E-state index contributed by atoms with van der Waals surface area (Å²) in [6, 6.07) is 0. The zero-order valence-electron chi connectivity index (χ0n) is 9.58. The van der Waals surface area contributed by atoms with Crippen molar-refractivity contribution in [2.45, 2.75) is 33.1 Å². The number of nitrogens with two attached hydrogens (primary N) is 1. The molecule has 6 heteroatoms. The number of nitrogens with one attached hydrogen (secondary N) is 1.